The fourth-order valence-corrected chi connectivity index (χ4v) is 2.71. The molecule has 23 heavy (non-hydrogen) atoms. The molecule has 3 rings (SSSR count). The van der Waals surface area contributed by atoms with E-state index >= 15 is 0 Å². The Bertz CT molecular complexity index is 879. The van der Waals surface area contributed by atoms with Gasteiger partial charge in [0, 0.05) is 24.5 Å². The van der Waals surface area contributed by atoms with E-state index in [0.29, 0.717) is 12.3 Å². The molecule has 4 heteroatoms. The summed E-state index contributed by atoms with van der Waals surface area (Å²) in [5, 5.41) is 10.5. The minimum atomic E-state index is -0.167. The van der Waals surface area contributed by atoms with Gasteiger partial charge in [-0.3, -0.25) is 4.79 Å². The van der Waals surface area contributed by atoms with Crippen molar-refractivity contribution in [3.63, 3.8) is 0 Å². The third-order valence-electron chi connectivity index (χ3n) is 3.96. The molecular formula is C19H19NO3. The van der Waals surface area contributed by atoms with Crippen LogP contribution in [0.2, 0.25) is 0 Å². The highest BCUT2D eigenvalue weighted by Gasteiger charge is 2.21. The molecule has 0 unspecified atom stereocenters. The topological polar surface area (TPSA) is 53.7 Å². The average Bonchev–Trinajstić information content (AvgIpc) is 2.83. The lowest BCUT2D eigenvalue weighted by molar-refractivity contribution is 0.0754. The van der Waals surface area contributed by atoms with Crippen molar-refractivity contribution in [2.75, 3.05) is 7.05 Å². The van der Waals surface area contributed by atoms with Gasteiger partial charge in [-0.15, -0.1) is 0 Å². The normalized spacial score (nSPS) is 10.9. The van der Waals surface area contributed by atoms with Crippen LogP contribution in [0.3, 0.4) is 0 Å². The molecular weight excluding hydrogens is 290 g/mol. The van der Waals surface area contributed by atoms with Crippen LogP contribution in [0.1, 0.15) is 27.2 Å². The van der Waals surface area contributed by atoms with Crippen molar-refractivity contribution >= 4 is 16.9 Å². The quantitative estimate of drug-likeness (QED) is 0.795. The zero-order valence-electron chi connectivity index (χ0n) is 13.5. The molecule has 2 aromatic carbocycles. The summed E-state index contributed by atoms with van der Waals surface area (Å²) in [6.07, 6.45) is 0. The molecule has 0 aliphatic rings. The molecule has 0 aliphatic heterocycles. The molecule has 3 aromatic rings. The van der Waals surface area contributed by atoms with Gasteiger partial charge in [-0.05, 0) is 43.7 Å². The molecule has 1 N–H and O–H groups in total. The number of hydrogen-bond donors (Lipinski definition) is 1. The largest absolute Gasteiger partial charge is 0.508 e. The maximum absolute atomic E-state index is 12.7. The Morgan fingerprint density at radius 2 is 1.96 bits per heavy atom. The molecule has 4 nitrogen and oxygen atoms in total. The Labute approximate surface area is 135 Å². The lowest BCUT2D eigenvalue weighted by Gasteiger charge is -2.16. The molecule has 0 saturated carbocycles. The van der Waals surface area contributed by atoms with Gasteiger partial charge in [0.05, 0.1) is 0 Å². The number of rotatable bonds is 3. The van der Waals surface area contributed by atoms with Gasteiger partial charge in [0.25, 0.3) is 5.91 Å². The van der Waals surface area contributed by atoms with Crippen LogP contribution < -0.4 is 0 Å². The zero-order chi connectivity index (χ0) is 16.6. The standard InChI is InChI=1S/C19H19NO3/c1-12-7-8-17-16(9-12)13(2)18(23-17)19(22)20(3)11-14-5-4-6-15(21)10-14/h4-10,21H,11H2,1-3H3. The van der Waals surface area contributed by atoms with Crippen molar-refractivity contribution in [3.8, 4) is 5.75 Å². The monoisotopic (exact) mass is 309 g/mol. The number of amides is 1. The Balaban J connectivity index is 1.89. The summed E-state index contributed by atoms with van der Waals surface area (Å²) in [5.41, 5.74) is 3.58. The molecule has 1 amide bonds. The van der Waals surface area contributed by atoms with Crippen molar-refractivity contribution in [3.05, 3.63) is 64.9 Å². The highest BCUT2D eigenvalue weighted by molar-refractivity contribution is 5.98. The molecule has 0 saturated heterocycles. The summed E-state index contributed by atoms with van der Waals surface area (Å²) in [4.78, 5) is 14.3. The van der Waals surface area contributed by atoms with E-state index in [2.05, 4.69) is 0 Å². The number of phenolic OH excluding ortho intramolecular Hbond substituents is 1. The van der Waals surface area contributed by atoms with Crippen molar-refractivity contribution < 1.29 is 14.3 Å². The Hall–Kier alpha value is -2.75. The van der Waals surface area contributed by atoms with E-state index in [4.69, 9.17) is 4.42 Å². The summed E-state index contributed by atoms with van der Waals surface area (Å²) in [6, 6.07) is 12.8. The van der Waals surface area contributed by atoms with Crippen molar-refractivity contribution in [1.29, 1.82) is 0 Å². The Kier molecular flexibility index (Phi) is 3.82. The molecule has 0 fully saturated rings. The highest BCUT2D eigenvalue weighted by atomic mass is 16.3. The number of carbonyl (C=O) groups excluding carboxylic acids is 1. The molecule has 1 heterocycles. The van der Waals surface area contributed by atoms with E-state index in [1.165, 1.54) is 0 Å². The minimum absolute atomic E-state index is 0.167. The summed E-state index contributed by atoms with van der Waals surface area (Å²) < 4.78 is 5.76. The zero-order valence-corrected chi connectivity index (χ0v) is 13.5. The number of fused-ring (bicyclic) bond motifs is 1. The second kappa shape index (κ2) is 5.80. The number of aryl methyl sites for hydroxylation is 2. The first-order valence-corrected chi connectivity index (χ1v) is 7.49. The first-order chi connectivity index (χ1) is 11.0. The van der Waals surface area contributed by atoms with Gasteiger partial charge in [-0.2, -0.15) is 0 Å². The highest BCUT2D eigenvalue weighted by Crippen LogP contribution is 2.27. The first-order valence-electron chi connectivity index (χ1n) is 7.49. The second-order valence-corrected chi connectivity index (χ2v) is 5.89. The smallest absolute Gasteiger partial charge is 0.289 e. The maximum atomic E-state index is 12.7. The summed E-state index contributed by atoms with van der Waals surface area (Å²) in [7, 11) is 1.73. The van der Waals surface area contributed by atoms with Gasteiger partial charge in [0.2, 0.25) is 0 Å². The maximum Gasteiger partial charge on any atom is 0.289 e. The van der Waals surface area contributed by atoms with E-state index in [-0.39, 0.29) is 11.7 Å². The fraction of sp³-hybridized carbons (Fsp3) is 0.211. The number of benzene rings is 2. The molecule has 0 spiro atoms. The SMILES string of the molecule is Cc1ccc2oc(C(=O)N(C)Cc3cccc(O)c3)c(C)c2c1. The van der Waals surface area contributed by atoms with E-state index in [9.17, 15) is 9.90 Å². The number of aromatic hydroxyl groups is 1. The molecule has 1 aromatic heterocycles. The van der Waals surface area contributed by atoms with Crippen LogP contribution in [0, 0.1) is 13.8 Å². The van der Waals surface area contributed by atoms with Crippen LogP contribution in [0.25, 0.3) is 11.0 Å². The van der Waals surface area contributed by atoms with Crippen molar-refractivity contribution in [1.82, 2.24) is 4.90 Å². The number of carbonyl (C=O) groups is 1. The summed E-state index contributed by atoms with van der Waals surface area (Å²) >= 11 is 0. The van der Waals surface area contributed by atoms with Crippen molar-refractivity contribution in [2.45, 2.75) is 20.4 Å². The van der Waals surface area contributed by atoms with E-state index < -0.39 is 0 Å². The average molecular weight is 309 g/mol. The lowest BCUT2D eigenvalue weighted by Crippen LogP contribution is -2.26. The van der Waals surface area contributed by atoms with Gasteiger partial charge in [-0.25, -0.2) is 0 Å². The van der Waals surface area contributed by atoms with E-state index in [1.807, 2.05) is 38.1 Å². The summed E-state index contributed by atoms with van der Waals surface area (Å²) in [6.45, 7) is 4.32. The molecule has 0 radical (unpaired) electrons. The number of phenols is 1. The second-order valence-electron chi connectivity index (χ2n) is 5.89. The summed E-state index contributed by atoms with van der Waals surface area (Å²) in [5.74, 6) is 0.395. The molecule has 118 valence electrons. The third-order valence-corrected chi connectivity index (χ3v) is 3.96. The van der Waals surface area contributed by atoms with Crippen LogP contribution in [-0.2, 0) is 6.54 Å². The third kappa shape index (κ3) is 2.93. The van der Waals surface area contributed by atoms with Crippen LogP contribution >= 0.6 is 0 Å². The minimum Gasteiger partial charge on any atom is -0.508 e. The molecule has 0 atom stereocenters. The fourth-order valence-electron chi connectivity index (χ4n) is 2.71. The molecule has 0 aliphatic carbocycles. The Morgan fingerprint density at radius 3 is 2.70 bits per heavy atom. The van der Waals surface area contributed by atoms with E-state index in [0.717, 1.165) is 27.7 Å². The van der Waals surface area contributed by atoms with Gasteiger partial charge >= 0.3 is 0 Å². The van der Waals surface area contributed by atoms with Gasteiger partial charge in [0.15, 0.2) is 5.76 Å². The number of nitrogens with zero attached hydrogens (tertiary/aromatic N) is 1. The lowest BCUT2D eigenvalue weighted by atomic mass is 10.1. The van der Waals surface area contributed by atoms with Crippen LogP contribution in [0.15, 0.2) is 46.9 Å². The van der Waals surface area contributed by atoms with Crippen LogP contribution in [0.4, 0.5) is 0 Å². The van der Waals surface area contributed by atoms with E-state index in [1.54, 1.807) is 30.1 Å². The Morgan fingerprint density at radius 1 is 1.17 bits per heavy atom. The van der Waals surface area contributed by atoms with Crippen molar-refractivity contribution in [2.24, 2.45) is 0 Å². The first kappa shape index (κ1) is 15.2. The van der Waals surface area contributed by atoms with Crippen LogP contribution in [-0.4, -0.2) is 23.0 Å². The molecule has 0 bridgehead atoms. The predicted octanol–water partition coefficient (Wildman–Crippen LogP) is 4.03. The van der Waals surface area contributed by atoms with Gasteiger partial charge < -0.3 is 14.4 Å². The van der Waals surface area contributed by atoms with Gasteiger partial charge in [0.1, 0.15) is 11.3 Å². The predicted molar refractivity (Wildman–Crippen MR) is 89.6 cm³/mol. The van der Waals surface area contributed by atoms with Gasteiger partial charge in [-0.1, -0.05) is 23.8 Å². The number of hydrogen-bond acceptors (Lipinski definition) is 3. The van der Waals surface area contributed by atoms with Crippen LogP contribution in [0.5, 0.6) is 5.75 Å². The number of furan rings is 1.